The third-order valence-corrected chi connectivity index (χ3v) is 7.45. The van der Waals surface area contributed by atoms with Crippen molar-refractivity contribution in [3.05, 3.63) is 0 Å². The highest BCUT2D eigenvalue weighted by atomic mass is 15.2. The average molecular weight is 381 g/mol. The molecule has 0 spiro atoms. The van der Waals surface area contributed by atoms with Crippen LogP contribution in [-0.4, -0.2) is 34.1 Å². The summed E-state index contributed by atoms with van der Waals surface area (Å²) in [6.07, 6.45) is 5.30. The Bertz CT molecular complexity index is 437. The molecule has 0 unspecified atom stereocenters. The minimum atomic E-state index is 0.316. The van der Waals surface area contributed by atoms with Crippen molar-refractivity contribution in [1.82, 2.24) is 10.2 Å². The minimum Gasteiger partial charge on any atom is -0.307 e. The van der Waals surface area contributed by atoms with Crippen LogP contribution in [-0.2, 0) is 0 Å². The second kappa shape index (κ2) is 8.34. The van der Waals surface area contributed by atoms with E-state index in [9.17, 15) is 0 Å². The van der Waals surface area contributed by atoms with Crippen molar-refractivity contribution < 1.29 is 0 Å². The molecule has 0 aromatic rings. The normalized spacial score (nSPS) is 28.1. The van der Waals surface area contributed by atoms with Gasteiger partial charge in [0.2, 0.25) is 0 Å². The number of likely N-dealkylation sites (tertiary alicyclic amines) is 1. The van der Waals surface area contributed by atoms with Gasteiger partial charge in [0.25, 0.3) is 0 Å². The quantitative estimate of drug-likeness (QED) is 0.570. The van der Waals surface area contributed by atoms with E-state index in [1.807, 2.05) is 0 Å². The molecule has 2 aliphatic rings. The molecule has 0 amide bonds. The van der Waals surface area contributed by atoms with Crippen molar-refractivity contribution in [3.8, 4) is 0 Å². The highest BCUT2D eigenvalue weighted by Gasteiger charge is 2.43. The number of rotatable bonds is 2. The van der Waals surface area contributed by atoms with Gasteiger partial charge >= 0.3 is 0 Å². The molecule has 162 valence electrons. The summed E-state index contributed by atoms with van der Waals surface area (Å²) >= 11 is 0. The van der Waals surface area contributed by atoms with Crippen LogP contribution in [0.15, 0.2) is 0 Å². The third kappa shape index (κ3) is 7.03. The van der Waals surface area contributed by atoms with Crippen LogP contribution >= 0.6 is 0 Å². The summed E-state index contributed by atoms with van der Waals surface area (Å²) in [6.45, 7) is 28.2. The van der Waals surface area contributed by atoms with Gasteiger partial charge in [-0.1, -0.05) is 27.7 Å². The molecule has 2 heterocycles. The lowest BCUT2D eigenvalue weighted by molar-refractivity contribution is -0.0404. The molecule has 2 nitrogen and oxygen atoms in total. The van der Waals surface area contributed by atoms with Gasteiger partial charge in [-0.3, -0.25) is 4.90 Å². The second-order valence-electron chi connectivity index (χ2n) is 12.9. The summed E-state index contributed by atoms with van der Waals surface area (Å²) in [5.74, 6) is 3.41. The predicted molar refractivity (Wildman–Crippen MR) is 122 cm³/mol. The van der Waals surface area contributed by atoms with Crippen molar-refractivity contribution in [2.75, 3.05) is 7.05 Å². The van der Waals surface area contributed by atoms with Crippen LogP contribution in [0.2, 0.25) is 0 Å². The SMILES string of the molecule is CC(C)C1CC(C)(C)N(C)C(C)(C)C1.CC(C)C1CC(C)(C)NC(C)(C)C1. The van der Waals surface area contributed by atoms with E-state index < -0.39 is 0 Å². The molecule has 2 saturated heterocycles. The standard InChI is InChI=1S/C13H27N.C12H25N/c1-10(2)11-8-12(3,4)14(7)13(5,6)9-11;1-9(2)10-7-11(3,4)13-12(5,6)8-10/h10-11H,8-9H2,1-7H3;9-10,13H,7-8H2,1-6H3. The monoisotopic (exact) mass is 380 g/mol. The van der Waals surface area contributed by atoms with Crippen molar-refractivity contribution in [2.45, 2.75) is 131 Å². The molecule has 0 aromatic carbocycles. The van der Waals surface area contributed by atoms with Crippen molar-refractivity contribution in [3.63, 3.8) is 0 Å². The smallest absolute Gasteiger partial charge is 0.0158 e. The third-order valence-electron chi connectivity index (χ3n) is 7.45. The molecule has 0 atom stereocenters. The number of hydrogen-bond donors (Lipinski definition) is 1. The van der Waals surface area contributed by atoms with E-state index in [1.54, 1.807) is 0 Å². The minimum absolute atomic E-state index is 0.316. The summed E-state index contributed by atoms with van der Waals surface area (Å²) in [5, 5.41) is 3.72. The molecular formula is C25H52N2. The van der Waals surface area contributed by atoms with E-state index in [0.29, 0.717) is 22.2 Å². The zero-order valence-electron chi connectivity index (χ0n) is 21.1. The first kappa shape index (κ1) is 25.0. The summed E-state index contributed by atoms with van der Waals surface area (Å²) in [7, 11) is 2.27. The lowest BCUT2D eigenvalue weighted by Gasteiger charge is -2.54. The lowest BCUT2D eigenvalue weighted by Crippen LogP contribution is -2.59. The first-order valence-electron chi connectivity index (χ1n) is 11.4. The number of nitrogens with zero attached hydrogens (tertiary/aromatic N) is 1. The van der Waals surface area contributed by atoms with Gasteiger partial charge in [-0.25, -0.2) is 0 Å². The number of nitrogens with one attached hydrogen (secondary N) is 1. The van der Waals surface area contributed by atoms with Crippen LogP contribution < -0.4 is 5.32 Å². The topological polar surface area (TPSA) is 15.3 Å². The zero-order chi connectivity index (χ0) is 21.4. The van der Waals surface area contributed by atoms with E-state index in [0.717, 1.165) is 23.7 Å². The fraction of sp³-hybridized carbons (Fsp3) is 1.00. The number of hydrogen-bond acceptors (Lipinski definition) is 2. The predicted octanol–water partition coefficient (Wildman–Crippen LogP) is 6.74. The molecular weight excluding hydrogens is 328 g/mol. The Morgan fingerprint density at radius 3 is 1.22 bits per heavy atom. The summed E-state index contributed by atoms with van der Waals surface area (Å²) in [4.78, 5) is 2.55. The van der Waals surface area contributed by atoms with E-state index in [2.05, 4.69) is 100 Å². The van der Waals surface area contributed by atoms with Crippen LogP contribution in [0, 0.1) is 23.7 Å². The zero-order valence-corrected chi connectivity index (χ0v) is 21.1. The van der Waals surface area contributed by atoms with Gasteiger partial charge in [0.05, 0.1) is 0 Å². The summed E-state index contributed by atoms with van der Waals surface area (Å²) < 4.78 is 0. The van der Waals surface area contributed by atoms with Crippen LogP contribution in [0.3, 0.4) is 0 Å². The molecule has 2 rings (SSSR count). The molecule has 1 N–H and O–H groups in total. The molecule has 0 saturated carbocycles. The Morgan fingerprint density at radius 2 is 0.926 bits per heavy atom. The fourth-order valence-electron chi connectivity index (χ4n) is 5.79. The Kier molecular flexibility index (Phi) is 7.71. The highest BCUT2D eigenvalue weighted by molar-refractivity contribution is 4.99. The Labute approximate surface area is 172 Å². The van der Waals surface area contributed by atoms with Gasteiger partial charge in [-0.15, -0.1) is 0 Å². The fourth-order valence-corrected chi connectivity index (χ4v) is 5.79. The van der Waals surface area contributed by atoms with E-state index in [1.165, 1.54) is 25.7 Å². The number of piperidine rings is 2. The Hall–Kier alpha value is -0.0800. The Balaban J connectivity index is 0.000000271. The summed E-state index contributed by atoms with van der Waals surface area (Å²) in [6, 6.07) is 0. The van der Waals surface area contributed by atoms with Crippen LogP contribution in [0.4, 0.5) is 0 Å². The van der Waals surface area contributed by atoms with Crippen LogP contribution in [0.5, 0.6) is 0 Å². The van der Waals surface area contributed by atoms with Gasteiger partial charge in [0.15, 0.2) is 0 Å². The molecule has 2 fully saturated rings. The molecule has 0 bridgehead atoms. The van der Waals surface area contributed by atoms with Crippen LogP contribution in [0.25, 0.3) is 0 Å². The van der Waals surface area contributed by atoms with Gasteiger partial charge < -0.3 is 5.32 Å². The van der Waals surface area contributed by atoms with Gasteiger partial charge in [-0.05, 0) is 112 Å². The van der Waals surface area contributed by atoms with Gasteiger partial charge in [0, 0.05) is 22.2 Å². The van der Waals surface area contributed by atoms with Crippen molar-refractivity contribution >= 4 is 0 Å². The van der Waals surface area contributed by atoms with E-state index in [4.69, 9.17) is 0 Å². The molecule has 2 heteroatoms. The molecule has 2 aliphatic heterocycles. The van der Waals surface area contributed by atoms with Crippen molar-refractivity contribution in [1.29, 1.82) is 0 Å². The lowest BCUT2D eigenvalue weighted by atomic mass is 9.70. The second-order valence-corrected chi connectivity index (χ2v) is 12.9. The van der Waals surface area contributed by atoms with Gasteiger partial charge in [0.1, 0.15) is 0 Å². The Morgan fingerprint density at radius 1 is 0.630 bits per heavy atom. The maximum Gasteiger partial charge on any atom is 0.0158 e. The van der Waals surface area contributed by atoms with E-state index in [-0.39, 0.29) is 0 Å². The average Bonchev–Trinajstić information content (AvgIpc) is 2.41. The maximum atomic E-state index is 3.72. The van der Waals surface area contributed by atoms with Crippen molar-refractivity contribution in [2.24, 2.45) is 23.7 Å². The summed E-state index contributed by atoms with van der Waals surface area (Å²) in [5.41, 5.74) is 1.35. The molecule has 0 aromatic heterocycles. The molecule has 27 heavy (non-hydrogen) atoms. The first-order valence-corrected chi connectivity index (χ1v) is 11.4. The molecule has 0 radical (unpaired) electrons. The highest BCUT2D eigenvalue weighted by Crippen LogP contribution is 2.42. The van der Waals surface area contributed by atoms with E-state index >= 15 is 0 Å². The van der Waals surface area contributed by atoms with Crippen LogP contribution in [0.1, 0.15) is 109 Å². The largest absolute Gasteiger partial charge is 0.307 e. The first-order chi connectivity index (χ1) is 11.9. The maximum absolute atomic E-state index is 3.72. The molecule has 0 aliphatic carbocycles. The van der Waals surface area contributed by atoms with Gasteiger partial charge in [-0.2, -0.15) is 0 Å².